The van der Waals surface area contributed by atoms with E-state index in [1.807, 2.05) is 48.5 Å². The molecule has 3 aromatic rings. The van der Waals surface area contributed by atoms with Gasteiger partial charge in [-0.25, -0.2) is 0 Å². The SMILES string of the molecule is Cc1ccc(COc2cccc(C=NNc3ccc(Cl)cc3)c2)cc1. The van der Waals surface area contributed by atoms with Gasteiger partial charge in [0, 0.05) is 5.02 Å². The van der Waals surface area contributed by atoms with E-state index in [0.29, 0.717) is 11.6 Å². The molecule has 4 heteroatoms. The third-order valence-electron chi connectivity index (χ3n) is 3.64. The van der Waals surface area contributed by atoms with Crippen LogP contribution in [0.4, 0.5) is 5.69 Å². The standard InChI is InChI=1S/C21H19ClN2O/c1-16-5-7-17(8-6-16)15-25-21-4-2-3-18(13-21)14-23-24-20-11-9-19(22)10-12-20/h2-14,24H,15H2,1H3. The minimum absolute atomic E-state index is 0.546. The molecule has 3 rings (SSSR count). The molecule has 0 heterocycles. The Hall–Kier alpha value is -2.78. The van der Waals surface area contributed by atoms with Crippen molar-refractivity contribution in [2.45, 2.75) is 13.5 Å². The van der Waals surface area contributed by atoms with Crippen molar-refractivity contribution < 1.29 is 4.74 Å². The highest BCUT2D eigenvalue weighted by molar-refractivity contribution is 6.30. The van der Waals surface area contributed by atoms with Gasteiger partial charge in [-0.1, -0.05) is 53.6 Å². The van der Waals surface area contributed by atoms with Gasteiger partial charge >= 0.3 is 0 Å². The number of halogens is 1. The molecule has 3 nitrogen and oxygen atoms in total. The van der Waals surface area contributed by atoms with E-state index in [-0.39, 0.29) is 0 Å². The number of anilines is 1. The van der Waals surface area contributed by atoms with Gasteiger partial charge in [0.05, 0.1) is 11.9 Å². The number of nitrogens with zero attached hydrogens (tertiary/aromatic N) is 1. The lowest BCUT2D eigenvalue weighted by molar-refractivity contribution is 0.306. The summed E-state index contributed by atoms with van der Waals surface area (Å²) in [5, 5.41) is 4.94. The number of benzene rings is 3. The first kappa shape index (κ1) is 17.1. The highest BCUT2D eigenvalue weighted by Crippen LogP contribution is 2.16. The molecule has 0 aliphatic heterocycles. The maximum Gasteiger partial charge on any atom is 0.120 e. The van der Waals surface area contributed by atoms with Crippen LogP contribution in [0, 0.1) is 6.92 Å². The van der Waals surface area contributed by atoms with Crippen molar-refractivity contribution in [2.75, 3.05) is 5.43 Å². The fraction of sp³-hybridized carbons (Fsp3) is 0.0952. The number of aryl methyl sites for hydroxylation is 1. The lowest BCUT2D eigenvalue weighted by Gasteiger charge is -2.07. The third-order valence-corrected chi connectivity index (χ3v) is 3.89. The molecule has 0 amide bonds. The van der Waals surface area contributed by atoms with Crippen LogP contribution in [0.1, 0.15) is 16.7 Å². The Bertz CT molecular complexity index is 843. The van der Waals surface area contributed by atoms with Crippen LogP contribution < -0.4 is 10.2 Å². The second-order valence-corrected chi connectivity index (χ2v) is 6.16. The number of hydrogen-bond acceptors (Lipinski definition) is 3. The molecule has 0 bridgehead atoms. The Labute approximate surface area is 152 Å². The van der Waals surface area contributed by atoms with Crippen molar-refractivity contribution in [1.82, 2.24) is 0 Å². The highest BCUT2D eigenvalue weighted by atomic mass is 35.5. The normalized spacial score (nSPS) is 10.8. The minimum Gasteiger partial charge on any atom is -0.489 e. The van der Waals surface area contributed by atoms with Gasteiger partial charge in [-0.05, 0) is 54.4 Å². The van der Waals surface area contributed by atoms with Gasteiger partial charge in [0.15, 0.2) is 0 Å². The second kappa shape index (κ2) is 8.36. The predicted octanol–water partition coefficient (Wildman–Crippen LogP) is 5.67. The van der Waals surface area contributed by atoms with Gasteiger partial charge in [-0.15, -0.1) is 0 Å². The van der Waals surface area contributed by atoms with Crippen LogP contribution >= 0.6 is 11.6 Å². The van der Waals surface area contributed by atoms with E-state index in [9.17, 15) is 0 Å². The Kier molecular flexibility index (Phi) is 5.70. The summed E-state index contributed by atoms with van der Waals surface area (Å²) in [4.78, 5) is 0. The lowest BCUT2D eigenvalue weighted by Crippen LogP contribution is -1.96. The Morgan fingerprint density at radius 3 is 2.52 bits per heavy atom. The predicted molar refractivity (Wildman–Crippen MR) is 105 cm³/mol. The molecule has 0 atom stereocenters. The lowest BCUT2D eigenvalue weighted by atomic mass is 10.2. The monoisotopic (exact) mass is 350 g/mol. The summed E-state index contributed by atoms with van der Waals surface area (Å²) in [5.41, 5.74) is 7.21. The Morgan fingerprint density at radius 2 is 1.76 bits per heavy atom. The number of ether oxygens (including phenoxy) is 1. The summed E-state index contributed by atoms with van der Waals surface area (Å²) in [6, 6.07) is 23.6. The van der Waals surface area contributed by atoms with E-state index in [1.54, 1.807) is 6.21 Å². The van der Waals surface area contributed by atoms with Gasteiger partial charge < -0.3 is 4.74 Å². The average molecular weight is 351 g/mol. The Balaban J connectivity index is 1.58. The van der Waals surface area contributed by atoms with Gasteiger partial charge in [0.2, 0.25) is 0 Å². The van der Waals surface area contributed by atoms with Crippen LogP contribution in [0.3, 0.4) is 0 Å². The fourth-order valence-electron chi connectivity index (χ4n) is 2.24. The molecule has 0 aromatic heterocycles. The summed E-state index contributed by atoms with van der Waals surface area (Å²) in [6.07, 6.45) is 1.76. The van der Waals surface area contributed by atoms with E-state index in [4.69, 9.17) is 16.3 Å². The molecule has 126 valence electrons. The first-order valence-corrected chi connectivity index (χ1v) is 8.40. The number of rotatable bonds is 6. The second-order valence-electron chi connectivity index (χ2n) is 5.72. The number of hydrogen-bond donors (Lipinski definition) is 1. The molecule has 25 heavy (non-hydrogen) atoms. The van der Waals surface area contributed by atoms with Crippen molar-refractivity contribution in [3.8, 4) is 5.75 Å². The van der Waals surface area contributed by atoms with Crippen LogP contribution in [0.25, 0.3) is 0 Å². The van der Waals surface area contributed by atoms with E-state index >= 15 is 0 Å². The minimum atomic E-state index is 0.546. The van der Waals surface area contributed by atoms with Crippen LogP contribution in [0.5, 0.6) is 5.75 Å². The first-order chi connectivity index (χ1) is 12.2. The van der Waals surface area contributed by atoms with E-state index in [1.165, 1.54) is 5.56 Å². The van der Waals surface area contributed by atoms with Crippen molar-refractivity contribution in [1.29, 1.82) is 0 Å². The van der Waals surface area contributed by atoms with E-state index in [2.05, 4.69) is 41.7 Å². The largest absolute Gasteiger partial charge is 0.489 e. The fourth-order valence-corrected chi connectivity index (χ4v) is 2.37. The van der Waals surface area contributed by atoms with Gasteiger partial charge in [-0.2, -0.15) is 5.10 Å². The van der Waals surface area contributed by atoms with Gasteiger partial charge in [0.1, 0.15) is 12.4 Å². The molecule has 0 radical (unpaired) electrons. The van der Waals surface area contributed by atoms with Crippen molar-refractivity contribution in [3.63, 3.8) is 0 Å². The van der Waals surface area contributed by atoms with Gasteiger partial charge in [-0.3, -0.25) is 5.43 Å². The first-order valence-electron chi connectivity index (χ1n) is 8.02. The summed E-state index contributed by atoms with van der Waals surface area (Å²) >= 11 is 5.86. The van der Waals surface area contributed by atoms with E-state index in [0.717, 1.165) is 22.6 Å². The summed E-state index contributed by atoms with van der Waals surface area (Å²) in [7, 11) is 0. The molecule has 0 fully saturated rings. The highest BCUT2D eigenvalue weighted by Gasteiger charge is 1.98. The molecule has 3 aromatic carbocycles. The third kappa shape index (κ3) is 5.37. The van der Waals surface area contributed by atoms with Gasteiger partial charge in [0.25, 0.3) is 0 Å². The van der Waals surface area contributed by atoms with Crippen LogP contribution in [0.2, 0.25) is 5.02 Å². The summed E-state index contributed by atoms with van der Waals surface area (Å²) in [5.74, 6) is 0.816. The molecule has 1 N–H and O–H groups in total. The summed E-state index contributed by atoms with van der Waals surface area (Å²) in [6.45, 7) is 2.62. The van der Waals surface area contributed by atoms with E-state index < -0.39 is 0 Å². The summed E-state index contributed by atoms with van der Waals surface area (Å²) < 4.78 is 5.85. The molecule has 0 spiro atoms. The smallest absolute Gasteiger partial charge is 0.120 e. The maximum atomic E-state index is 5.86. The van der Waals surface area contributed by atoms with Crippen LogP contribution in [-0.4, -0.2) is 6.21 Å². The van der Waals surface area contributed by atoms with Crippen molar-refractivity contribution in [2.24, 2.45) is 5.10 Å². The quantitative estimate of drug-likeness (QED) is 0.458. The molecule has 0 aliphatic rings. The zero-order valence-electron chi connectivity index (χ0n) is 13.9. The topological polar surface area (TPSA) is 33.6 Å². The van der Waals surface area contributed by atoms with Crippen LogP contribution in [-0.2, 0) is 6.61 Å². The zero-order valence-corrected chi connectivity index (χ0v) is 14.7. The van der Waals surface area contributed by atoms with Crippen molar-refractivity contribution >= 4 is 23.5 Å². The molecular formula is C21H19ClN2O. The molecule has 0 aliphatic carbocycles. The van der Waals surface area contributed by atoms with Crippen LogP contribution in [0.15, 0.2) is 77.9 Å². The van der Waals surface area contributed by atoms with Crippen molar-refractivity contribution in [3.05, 3.63) is 94.5 Å². The molecule has 0 saturated heterocycles. The molecule has 0 saturated carbocycles. The average Bonchev–Trinajstić information content (AvgIpc) is 2.63. The molecular weight excluding hydrogens is 332 g/mol. The maximum absolute atomic E-state index is 5.86. The number of hydrazone groups is 1. The molecule has 0 unspecified atom stereocenters. The number of nitrogens with one attached hydrogen (secondary N) is 1. The zero-order chi connectivity index (χ0) is 17.5. The Morgan fingerprint density at radius 1 is 1.00 bits per heavy atom.